The average Bonchev–Trinajstić information content (AvgIpc) is 2.98. The largest absolute Gasteiger partial charge is 0.357 e. The van der Waals surface area contributed by atoms with Gasteiger partial charge in [0.25, 0.3) is 0 Å². The van der Waals surface area contributed by atoms with Gasteiger partial charge >= 0.3 is 0 Å². The minimum atomic E-state index is 0.586. The third kappa shape index (κ3) is 4.64. The van der Waals surface area contributed by atoms with Crippen LogP contribution in [0, 0.1) is 6.92 Å². The van der Waals surface area contributed by atoms with E-state index < -0.39 is 0 Å². The Morgan fingerprint density at radius 1 is 1.18 bits per heavy atom. The Balaban J connectivity index is 1.44. The van der Waals surface area contributed by atoms with Crippen molar-refractivity contribution in [2.75, 3.05) is 11.1 Å². The third-order valence-corrected chi connectivity index (χ3v) is 5.75. The molecule has 2 aromatic rings. The molecule has 0 spiro atoms. The zero-order chi connectivity index (χ0) is 15.2. The van der Waals surface area contributed by atoms with Crippen LogP contribution in [0.2, 0.25) is 0 Å². The molecule has 1 N–H and O–H groups in total. The standard InChI is InChI=1S/C15H21N5S2/c1-11-9-17-13(10-16-11)7-8-21-15-20-19-14(22-15)18-12-5-3-2-4-6-12/h9-10,12H,2-8H2,1H3,(H,18,19). The highest BCUT2D eigenvalue weighted by Gasteiger charge is 2.15. The maximum atomic E-state index is 4.37. The van der Waals surface area contributed by atoms with Crippen molar-refractivity contribution in [2.45, 2.75) is 55.8 Å². The number of rotatable bonds is 6. The van der Waals surface area contributed by atoms with Crippen LogP contribution in [0.15, 0.2) is 16.7 Å². The second kappa shape index (κ2) is 7.87. The maximum Gasteiger partial charge on any atom is 0.206 e. The van der Waals surface area contributed by atoms with Crippen molar-refractivity contribution in [3.05, 3.63) is 23.8 Å². The summed E-state index contributed by atoms with van der Waals surface area (Å²) in [6, 6.07) is 0.586. The van der Waals surface area contributed by atoms with E-state index in [0.717, 1.165) is 33.0 Å². The van der Waals surface area contributed by atoms with Crippen LogP contribution in [0.5, 0.6) is 0 Å². The number of aryl methyl sites for hydroxylation is 2. The molecule has 1 aliphatic carbocycles. The number of aromatic nitrogens is 4. The average molecular weight is 336 g/mol. The molecule has 0 unspecified atom stereocenters. The minimum absolute atomic E-state index is 0.586. The van der Waals surface area contributed by atoms with Gasteiger partial charge in [0.2, 0.25) is 5.13 Å². The summed E-state index contributed by atoms with van der Waals surface area (Å²) in [5.41, 5.74) is 1.99. The molecule has 118 valence electrons. The molecule has 0 aromatic carbocycles. The van der Waals surface area contributed by atoms with E-state index in [1.807, 2.05) is 19.3 Å². The first-order valence-corrected chi connectivity index (χ1v) is 9.60. The van der Waals surface area contributed by atoms with Crippen LogP contribution < -0.4 is 5.32 Å². The molecule has 22 heavy (non-hydrogen) atoms. The van der Waals surface area contributed by atoms with Gasteiger partial charge in [0.05, 0.1) is 11.4 Å². The van der Waals surface area contributed by atoms with Crippen LogP contribution in [-0.4, -0.2) is 32.0 Å². The summed E-state index contributed by atoms with van der Waals surface area (Å²) >= 11 is 3.40. The van der Waals surface area contributed by atoms with E-state index in [-0.39, 0.29) is 0 Å². The lowest BCUT2D eigenvalue weighted by Crippen LogP contribution is -2.21. The van der Waals surface area contributed by atoms with Crippen molar-refractivity contribution in [3.8, 4) is 0 Å². The molecule has 5 nitrogen and oxygen atoms in total. The number of hydrogen-bond acceptors (Lipinski definition) is 7. The SMILES string of the molecule is Cc1cnc(CCSc2nnc(NC3CCCCC3)s2)cn1. The molecule has 3 rings (SSSR count). The van der Waals surface area contributed by atoms with E-state index >= 15 is 0 Å². The molecule has 0 saturated heterocycles. The molecule has 1 fully saturated rings. The molecule has 0 atom stereocenters. The fraction of sp³-hybridized carbons (Fsp3) is 0.600. The van der Waals surface area contributed by atoms with Gasteiger partial charge < -0.3 is 5.32 Å². The van der Waals surface area contributed by atoms with Gasteiger partial charge in [0.1, 0.15) is 0 Å². The lowest BCUT2D eigenvalue weighted by atomic mass is 9.96. The van der Waals surface area contributed by atoms with Crippen molar-refractivity contribution < 1.29 is 0 Å². The van der Waals surface area contributed by atoms with Crippen molar-refractivity contribution in [3.63, 3.8) is 0 Å². The summed E-state index contributed by atoms with van der Waals surface area (Å²) in [5.74, 6) is 0.954. The lowest BCUT2D eigenvalue weighted by molar-refractivity contribution is 0.462. The van der Waals surface area contributed by atoms with E-state index in [0.29, 0.717) is 6.04 Å². The van der Waals surface area contributed by atoms with E-state index in [2.05, 4.69) is 25.5 Å². The Hall–Kier alpha value is -1.21. The van der Waals surface area contributed by atoms with Gasteiger partial charge in [-0.15, -0.1) is 10.2 Å². The van der Waals surface area contributed by atoms with Gasteiger partial charge in [-0.3, -0.25) is 9.97 Å². The third-order valence-electron chi connectivity index (χ3n) is 3.76. The fourth-order valence-corrected chi connectivity index (χ4v) is 4.40. The smallest absolute Gasteiger partial charge is 0.206 e. The number of thioether (sulfide) groups is 1. The van der Waals surface area contributed by atoms with Crippen LogP contribution in [0.1, 0.15) is 43.5 Å². The van der Waals surface area contributed by atoms with Crippen LogP contribution in [0.25, 0.3) is 0 Å². The van der Waals surface area contributed by atoms with Gasteiger partial charge in [-0.1, -0.05) is 42.4 Å². The van der Waals surface area contributed by atoms with Crippen LogP contribution in [0.3, 0.4) is 0 Å². The molecule has 0 radical (unpaired) electrons. The highest BCUT2D eigenvalue weighted by Crippen LogP contribution is 2.28. The second-order valence-corrected chi connectivity index (χ2v) is 7.92. The van der Waals surface area contributed by atoms with E-state index in [1.54, 1.807) is 23.1 Å². The molecule has 1 aliphatic rings. The van der Waals surface area contributed by atoms with Crippen LogP contribution in [-0.2, 0) is 6.42 Å². The molecule has 7 heteroatoms. The van der Waals surface area contributed by atoms with Gasteiger partial charge in [-0.25, -0.2) is 0 Å². The number of anilines is 1. The number of nitrogens with one attached hydrogen (secondary N) is 1. The Bertz CT molecular complexity index is 578. The van der Waals surface area contributed by atoms with Crippen molar-refractivity contribution >= 4 is 28.2 Å². The predicted octanol–water partition coefficient (Wildman–Crippen LogP) is 3.72. The van der Waals surface area contributed by atoms with E-state index in [9.17, 15) is 0 Å². The van der Waals surface area contributed by atoms with E-state index in [4.69, 9.17) is 0 Å². The molecule has 0 amide bonds. The summed E-state index contributed by atoms with van der Waals surface area (Å²) in [4.78, 5) is 8.64. The minimum Gasteiger partial charge on any atom is -0.357 e. The van der Waals surface area contributed by atoms with Crippen LogP contribution >= 0.6 is 23.1 Å². The van der Waals surface area contributed by atoms with Gasteiger partial charge in [0, 0.05) is 30.6 Å². The molecular formula is C15H21N5S2. The zero-order valence-corrected chi connectivity index (χ0v) is 14.4. The Morgan fingerprint density at radius 3 is 2.82 bits per heavy atom. The van der Waals surface area contributed by atoms with Gasteiger partial charge in [-0.05, 0) is 19.8 Å². The quantitative estimate of drug-likeness (QED) is 0.812. The summed E-state index contributed by atoms with van der Waals surface area (Å²) < 4.78 is 1.03. The molecule has 0 aliphatic heterocycles. The van der Waals surface area contributed by atoms with Gasteiger partial charge in [-0.2, -0.15) is 0 Å². The summed E-state index contributed by atoms with van der Waals surface area (Å²) in [5, 5.41) is 13.0. The molecular weight excluding hydrogens is 314 g/mol. The topological polar surface area (TPSA) is 63.6 Å². The molecule has 2 heterocycles. The Kier molecular flexibility index (Phi) is 5.61. The Morgan fingerprint density at radius 2 is 2.05 bits per heavy atom. The maximum absolute atomic E-state index is 4.37. The highest BCUT2D eigenvalue weighted by atomic mass is 32.2. The summed E-state index contributed by atoms with van der Waals surface area (Å²) in [6.07, 6.45) is 11.1. The van der Waals surface area contributed by atoms with Crippen molar-refractivity contribution in [2.24, 2.45) is 0 Å². The predicted molar refractivity (Wildman–Crippen MR) is 91.6 cm³/mol. The number of hydrogen-bond donors (Lipinski definition) is 1. The summed E-state index contributed by atoms with van der Waals surface area (Å²) in [6.45, 7) is 1.95. The van der Waals surface area contributed by atoms with E-state index in [1.165, 1.54) is 32.1 Å². The normalized spacial score (nSPS) is 15.9. The fourth-order valence-electron chi connectivity index (χ4n) is 2.54. The summed E-state index contributed by atoms with van der Waals surface area (Å²) in [7, 11) is 0. The van der Waals surface area contributed by atoms with Crippen molar-refractivity contribution in [1.82, 2.24) is 20.2 Å². The monoisotopic (exact) mass is 335 g/mol. The first kappa shape index (κ1) is 15.7. The lowest BCUT2D eigenvalue weighted by Gasteiger charge is -2.21. The highest BCUT2D eigenvalue weighted by molar-refractivity contribution is 8.01. The van der Waals surface area contributed by atoms with Gasteiger partial charge in [0.15, 0.2) is 4.34 Å². The van der Waals surface area contributed by atoms with Crippen molar-refractivity contribution in [1.29, 1.82) is 0 Å². The zero-order valence-electron chi connectivity index (χ0n) is 12.8. The molecule has 2 aromatic heterocycles. The number of nitrogens with zero attached hydrogens (tertiary/aromatic N) is 4. The second-order valence-electron chi connectivity index (χ2n) is 5.60. The first-order valence-electron chi connectivity index (χ1n) is 7.80. The Labute approximate surface area is 139 Å². The van der Waals surface area contributed by atoms with Crippen LogP contribution in [0.4, 0.5) is 5.13 Å². The first-order chi connectivity index (χ1) is 10.8. The molecule has 1 saturated carbocycles. The molecule has 0 bridgehead atoms.